The van der Waals surface area contributed by atoms with Crippen LogP contribution in [0.1, 0.15) is 4.88 Å². The number of hydrogen-bond acceptors (Lipinski definition) is 3. The monoisotopic (exact) mass is 216 g/mol. The zero-order valence-corrected chi connectivity index (χ0v) is 9.08. The van der Waals surface area contributed by atoms with Gasteiger partial charge in [-0.15, -0.1) is 11.3 Å². The van der Waals surface area contributed by atoms with Crippen molar-refractivity contribution in [3.05, 3.63) is 41.3 Å². The number of fused-ring (bicyclic) bond motifs is 1. The van der Waals surface area contributed by atoms with Crippen LogP contribution >= 0.6 is 11.3 Å². The lowest BCUT2D eigenvalue weighted by Crippen LogP contribution is -2.36. The van der Waals surface area contributed by atoms with E-state index in [0.717, 1.165) is 16.3 Å². The molecule has 2 aromatic rings. The summed E-state index contributed by atoms with van der Waals surface area (Å²) in [5.74, 6) is 1.65. The van der Waals surface area contributed by atoms with Gasteiger partial charge in [-0.05, 0) is 31.2 Å². The van der Waals surface area contributed by atoms with Crippen molar-refractivity contribution in [3.8, 4) is 11.5 Å². The molecular formula is C11H9BO2S. The summed E-state index contributed by atoms with van der Waals surface area (Å²) in [5, 5.41) is 0. The van der Waals surface area contributed by atoms with Crippen LogP contribution in [0.25, 0.3) is 0 Å². The molecule has 1 aliphatic rings. The topological polar surface area (TPSA) is 18.5 Å². The lowest BCUT2D eigenvalue weighted by molar-refractivity contribution is 0.520. The average molecular weight is 216 g/mol. The van der Waals surface area contributed by atoms with Gasteiger partial charge >= 0.3 is 7.12 Å². The van der Waals surface area contributed by atoms with Crippen LogP contribution in [0.4, 0.5) is 0 Å². The highest BCUT2D eigenvalue weighted by Gasteiger charge is 2.34. The minimum atomic E-state index is -0.263. The third-order valence-corrected chi connectivity index (χ3v) is 3.33. The number of benzene rings is 1. The van der Waals surface area contributed by atoms with Crippen LogP contribution in [0.5, 0.6) is 11.5 Å². The molecule has 0 spiro atoms. The zero-order chi connectivity index (χ0) is 10.3. The largest absolute Gasteiger partial charge is 0.643 e. The molecule has 0 radical (unpaired) electrons. The maximum absolute atomic E-state index is 5.69. The molecular weight excluding hydrogens is 207 g/mol. The summed E-state index contributed by atoms with van der Waals surface area (Å²) in [5.41, 5.74) is 0. The summed E-state index contributed by atoms with van der Waals surface area (Å²) in [4.78, 5) is 1.27. The molecule has 0 saturated carbocycles. The molecule has 1 aromatic carbocycles. The first-order valence-electron chi connectivity index (χ1n) is 4.81. The van der Waals surface area contributed by atoms with Crippen molar-refractivity contribution in [3.63, 3.8) is 0 Å². The van der Waals surface area contributed by atoms with Gasteiger partial charge in [0.15, 0.2) is 0 Å². The second-order valence-electron chi connectivity index (χ2n) is 3.46. The van der Waals surface area contributed by atoms with Gasteiger partial charge in [0, 0.05) is 4.88 Å². The van der Waals surface area contributed by atoms with Crippen molar-refractivity contribution in [2.24, 2.45) is 0 Å². The molecule has 0 fully saturated rings. The molecule has 3 rings (SSSR count). The van der Waals surface area contributed by atoms with Gasteiger partial charge < -0.3 is 9.31 Å². The Morgan fingerprint density at radius 1 is 1.00 bits per heavy atom. The van der Waals surface area contributed by atoms with Gasteiger partial charge in [0.1, 0.15) is 11.5 Å². The van der Waals surface area contributed by atoms with E-state index in [9.17, 15) is 0 Å². The lowest BCUT2D eigenvalue weighted by atomic mass is 9.88. The minimum Gasteiger partial charge on any atom is -0.519 e. The van der Waals surface area contributed by atoms with Crippen LogP contribution in [0.3, 0.4) is 0 Å². The highest BCUT2D eigenvalue weighted by atomic mass is 32.1. The second kappa shape index (κ2) is 3.31. The van der Waals surface area contributed by atoms with Crippen molar-refractivity contribution in [1.82, 2.24) is 0 Å². The molecule has 2 heterocycles. The Labute approximate surface area is 92.6 Å². The smallest absolute Gasteiger partial charge is 0.519 e. The van der Waals surface area contributed by atoms with Crippen LogP contribution < -0.4 is 14.1 Å². The van der Waals surface area contributed by atoms with E-state index in [2.05, 4.69) is 19.1 Å². The maximum Gasteiger partial charge on any atom is 0.643 e. The maximum atomic E-state index is 5.69. The van der Waals surface area contributed by atoms with Crippen molar-refractivity contribution in [1.29, 1.82) is 0 Å². The van der Waals surface area contributed by atoms with E-state index < -0.39 is 0 Å². The van der Waals surface area contributed by atoms with E-state index in [0.29, 0.717) is 0 Å². The molecule has 0 saturated heterocycles. The van der Waals surface area contributed by atoms with Crippen LogP contribution in [-0.4, -0.2) is 7.12 Å². The lowest BCUT2D eigenvalue weighted by Gasteiger charge is -2.00. The number of thiophene rings is 1. The fraction of sp³-hybridized carbons (Fsp3) is 0.0909. The molecule has 4 heteroatoms. The number of rotatable bonds is 1. The third kappa shape index (κ3) is 1.51. The number of para-hydroxylation sites is 2. The van der Waals surface area contributed by atoms with Gasteiger partial charge in [-0.1, -0.05) is 12.1 Å². The molecule has 1 aliphatic heterocycles. The van der Waals surface area contributed by atoms with E-state index in [1.807, 2.05) is 24.3 Å². The fourth-order valence-corrected chi connectivity index (χ4v) is 2.43. The van der Waals surface area contributed by atoms with E-state index in [1.165, 1.54) is 4.88 Å². The molecule has 1 aromatic heterocycles. The van der Waals surface area contributed by atoms with Gasteiger partial charge in [0.25, 0.3) is 0 Å². The van der Waals surface area contributed by atoms with Crippen LogP contribution in [-0.2, 0) is 0 Å². The molecule has 0 bridgehead atoms. The Kier molecular flexibility index (Phi) is 1.96. The molecule has 74 valence electrons. The summed E-state index contributed by atoms with van der Waals surface area (Å²) >= 11 is 1.71. The highest BCUT2D eigenvalue weighted by Crippen LogP contribution is 2.32. The Morgan fingerprint density at radius 2 is 1.67 bits per heavy atom. The van der Waals surface area contributed by atoms with Gasteiger partial charge in [0.05, 0.1) is 4.78 Å². The third-order valence-electron chi connectivity index (χ3n) is 2.31. The van der Waals surface area contributed by atoms with Crippen LogP contribution in [0.2, 0.25) is 0 Å². The van der Waals surface area contributed by atoms with Crippen molar-refractivity contribution < 1.29 is 9.31 Å². The predicted octanol–water partition coefficient (Wildman–Crippen LogP) is 2.22. The number of aryl methyl sites for hydroxylation is 1. The van der Waals surface area contributed by atoms with Crippen molar-refractivity contribution in [2.45, 2.75) is 6.92 Å². The van der Waals surface area contributed by atoms with Crippen molar-refractivity contribution >= 4 is 23.2 Å². The van der Waals surface area contributed by atoms with E-state index in [4.69, 9.17) is 9.31 Å². The Morgan fingerprint density at radius 3 is 2.20 bits per heavy atom. The van der Waals surface area contributed by atoms with Crippen molar-refractivity contribution in [2.75, 3.05) is 0 Å². The van der Waals surface area contributed by atoms with E-state index in [1.54, 1.807) is 11.3 Å². The summed E-state index contributed by atoms with van der Waals surface area (Å²) in [6, 6.07) is 11.9. The molecule has 0 N–H and O–H groups in total. The minimum absolute atomic E-state index is 0.263. The van der Waals surface area contributed by atoms with Gasteiger partial charge in [0.2, 0.25) is 0 Å². The second-order valence-corrected chi connectivity index (χ2v) is 4.78. The molecule has 15 heavy (non-hydrogen) atoms. The van der Waals surface area contributed by atoms with Gasteiger partial charge in [-0.25, -0.2) is 0 Å². The Bertz CT molecular complexity index is 470. The SMILES string of the molecule is Cc1ccc(B2Oc3ccccc3O2)s1. The fourth-order valence-electron chi connectivity index (χ4n) is 1.60. The Balaban J connectivity index is 1.90. The number of hydrogen-bond donors (Lipinski definition) is 0. The highest BCUT2D eigenvalue weighted by molar-refractivity contribution is 7.22. The quantitative estimate of drug-likeness (QED) is 0.680. The van der Waals surface area contributed by atoms with Gasteiger partial charge in [-0.2, -0.15) is 0 Å². The molecule has 0 atom stereocenters. The summed E-state index contributed by atoms with van der Waals surface area (Å²) in [7, 11) is -0.263. The predicted molar refractivity (Wildman–Crippen MR) is 62.1 cm³/mol. The Hall–Kier alpha value is -1.42. The standard InChI is InChI=1S/C11H9BO2S/c1-8-6-7-11(15-8)12-13-9-4-2-3-5-10(9)14-12/h2-7H,1H3. The molecule has 0 unspecified atom stereocenters. The zero-order valence-electron chi connectivity index (χ0n) is 8.27. The van der Waals surface area contributed by atoms with Crippen LogP contribution in [0.15, 0.2) is 36.4 Å². The summed E-state index contributed by atoms with van der Waals surface area (Å²) < 4.78 is 12.5. The molecule has 0 aliphatic carbocycles. The van der Waals surface area contributed by atoms with Crippen LogP contribution in [0, 0.1) is 6.92 Å². The first-order valence-corrected chi connectivity index (χ1v) is 5.63. The summed E-state index contributed by atoms with van der Waals surface area (Å²) in [6.45, 7) is 2.08. The summed E-state index contributed by atoms with van der Waals surface area (Å²) in [6.07, 6.45) is 0. The first kappa shape index (κ1) is 8.86. The molecule has 2 nitrogen and oxygen atoms in total. The average Bonchev–Trinajstić information content (AvgIpc) is 2.82. The normalized spacial score (nSPS) is 13.3. The van der Waals surface area contributed by atoms with E-state index >= 15 is 0 Å². The first-order chi connectivity index (χ1) is 7.33. The van der Waals surface area contributed by atoms with Gasteiger partial charge in [-0.3, -0.25) is 0 Å². The molecule has 0 amide bonds. The van der Waals surface area contributed by atoms with E-state index in [-0.39, 0.29) is 7.12 Å².